The van der Waals surface area contributed by atoms with E-state index in [4.69, 9.17) is 20.9 Å². The molecule has 33 heavy (non-hydrogen) atoms. The first-order valence-corrected chi connectivity index (χ1v) is 11.6. The first kappa shape index (κ1) is 30.5. The number of rotatable bonds is 12. The molecule has 0 bridgehead atoms. The lowest BCUT2D eigenvalue weighted by Gasteiger charge is -2.30. The predicted molar refractivity (Wildman–Crippen MR) is 134 cm³/mol. The molecule has 0 saturated heterocycles. The van der Waals surface area contributed by atoms with E-state index < -0.39 is 11.2 Å². The third-order valence-corrected chi connectivity index (χ3v) is 4.05. The van der Waals surface area contributed by atoms with Crippen LogP contribution in [-0.2, 0) is 9.47 Å². The Morgan fingerprint density at radius 1 is 0.667 bits per heavy atom. The maximum absolute atomic E-state index is 12.7. The highest BCUT2D eigenvalue weighted by molar-refractivity contribution is 5.77. The van der Waals surface area contributed by atoms with Gasteiger partial charge in [0.25, 0.3) is 0 Å². The van der Waals surface area contributed by atoms with Gasteiger partial charge in [-0.15, -0.1) is 0 Å². The molecule has 0 fully saturated rings. The van der Waals surface area contributed by atoms with Gasteiger partial charge >= 0.3 is 12.2 Å². The molecule has 10 nitrogen and oxygen atoms in total. The molecule has 10 heteroatoms. The molecule has 0 spiro atoms. The van der Waals surface area contributed by atoms with E-state index in [1.165, 1.54) is 0 Å². The van der Waals surface area contributed by atoms with E-state index in [0.717, 1.165) is 0 Å². The van der Waals surface area contributed by atoms with Crippen LogP contribution in [0.5, 0.6) is 0 Å². The molecular formula is C23H46N6O4. The van der Waals surface area contributed by atoms with E-state index in [1.807, 2.05) is 41.5 Å². The maximum Gasteiger partial charge on any atom is 0.410 e. The Balaban J connectivity index is 5.07. The molecule has 192 valence electrons. The second-order valence-electron chi connectivity index (χ2n) is 10.0. The maximum atomic E-state index is 12.7. The van der Waals surface area contributed by atoms with Crippen LogP contribution >= 0.6 is 0 Å². The van der Waals surface area contributed by atoms with Crippen molar-refractivity contribution in [1.82, 2.24) is 9.80 Å². The van der Waals surface area contributed by atoms with E-state index in [9.17, 15) is 9.59 Å². The summed E-state index contributed by atoms with van der Waals surface area (Å²) >= 11 is 0. The number of carbonyl (C=O) groups is 2. The summed E-state index contributed by atoms with van der Waals surface area (Å²) in [4.78, 5) is 37.0. The fourth-order valence-corrected chi connectivity index (χ4v) is 2.73. The van der Waals surface area contributed by atoms with Crippen molar-refractivity contribution in [3.63, 3.8) is 0 Å². The number of ether oxygens (including phenoxy) is 2. The molecule has 0 aliphatic carbocycles. The summed E-state index contributed by atoms with van der Waals surface area (Å²) in [5, 5.41) is 0. The average Bonchev–Trinajstić information content (AvgIpc) is 2.61. The molecule has 0 unspecified atom stereocenters. The van der Waals surface area contributed by atoms with Crippen LogP contribution in [0.2, 0.25) is 0 Å². The first-order chi connectivity index (χ1) is 15.1. The van der Waals surface area contributed by atoms with Crippen molar-refractivity contribution in [3.05, 3.63) is 0 Å². The van der Waals surface area contributed by atoms with Crippen molar-refractivity contribution in [1.29, 1.82) is 0 Å². The fraction of sp³-hybridized carbons (Fsp3) is 0.826. The van der Waals surface area contributed by atoms with E-state index in [1.54, 1.807) is 23.6 Å². The SMILES string of the molecule is CC(N)=NCCCN(CCCN(CCCN=C(C)N)C(=O)OC(C)(C)C)C(=O)OC(C)(C)C. The number of aliphatic imine (C=N–C) groups is 2. The first-order valence-electron chi connectivity index (χ1n) is 11.6. The van der Waals surface area contributed by atoms with Crippen LogP contribution in [-0.4, -0.2) is 84.1 Å². The van der Waals surface area contributed by atoms with Crippen LogP contribution in [0, 0.1) is 0 Å². The number of hydrogen-bond acceptors (Lipinski definition) is 6. The minimum Gasteiger partial charge on any atom is -0.444 e. The predicted octanol–water partition coefficient (Wildman–Crippen LogP) is 3.39. The molecule has 0 aliphatic heterocycles. The van der Waals surface area contributed by atoms with Crippen LogP contribution in [0.3, 0.4) is 0 Å². The van der Waals surface area contributed by atoms with E-state index >= 15 is 0 Å². The number of nitrogens with two attached hydrogens (primary N) is 2. The summed E-state index contributed by atoms with van der Waals surface area (Å²) in [5.74, 6) is 1.03. The van der Waals surface area contributed by atoms with E-state index in [2.05, 4.69) is 9.98 Å². The van der Waals surface area contributed by atoms with Crippen LogP contribution in [0.25, 0.3) is 0 Å². The van der Waals surface area contributed by atoms with Gasteiger partial charge in [-0.3, -0.25) is 9.98 Å². The van der Waals surface area contributed by atoms with E-state index in [0.29, 0.717) is 70.2 Å². The van der Waals surface area contributed by atoms with Gasteiger partial charge in [0.05, 0.1) is 11.7 Å². The summed E-state index contributed by atoms with van der Waals surface area (Å²) in [6.07, 6.45) is 1.15. The molecule has 0 rings (SSSR count). The van der Waals surface area contributed by atoms with Gasteiger partial charge < -0.3 is 30.7 Å². The smallest absolute Gasteiger partial charge is 0.410 e. The molecular weight excluding hydrogens is 424 g/mol. The van der Waals surface area contributed by atoms with Crippen molar-refractivity contribution in [3.8, 4) is 0 Å². The van der Waals surface area contributed by atoms with Gasteiger partial charge in [-0.2, -0.15) is 0 Å². The molecule has 0 aliphatic rings. The lowest BCUT2D eigenvalue weighted by molar-refractivity contribution is 0.0204. The molecule has 0 aromatic carbocycles. The number of hydrogen-bond donors (Lipinski definition) is 2. The highest BCUT2D eigenvalue weighted by atomic mass is 16.6. The summed E-state index contributed by atoms with van der Waals surface area (Å²) in [6, 6.07) is 0. The van der Waals surface area contributed by atoms with Gasteiger partial charge in [-0.05, 0) is 74.7 Å². The second kappa shape index (κ2) is 14.6. The summed E-state index contributed by atoms with van der Waals surface area (Å²) < 4.78 is 11.1. The third-order valence-electron chi connectivity index (χ3n) is 4.05. The van der Waals surface area contributed by atoms with Gasteiger partial charge in [0.15, 0.2) is 0 Å². The summed E-state index contributed by atoms with van der Waals surface area (Å²) in [5.41, 5.74) is 9.99. The topological polar surface area (TPSA) is 136 Å². The Morgan fingerprint density at radius 2 is 0.970 bits per heavy atom. The molecule has 0 saturated carbocycles. The zero-order valence-electron chi connectivity index (χ0n) is 21.9. The number of amides is 2. The lowest BCUT2D eigenvalue weighted by Crippen LogP contribution is -2.41. The number of carbonyl (C=O) groups excluding carboxylic acids is 2. The van der Waals surface area contributed by atoms with Crippen LogP contribution in [0.4, 0.5) is 9.59 Å². The Bertz CT molecular complexity index is 601. The molecule has 0 aromatic heterocycles. The van der Waals surface area contributed by atoms with E-state index in [-0.39, 0.29) is 12.2 Å². The summed E-state index contributed by atoms with van der Waals surface area (Å²) in [6.45, 7) is 17.4. The number of amidine groups is 2. The Labute approximate surface area is 199 Å². The van der Waals surface area contributed by atoms with Gasteiger partial charge in [-0.25, -0.2) is 9.59 Å². The van der Waals surface area contributed by atoms with Gasteiger partial charge in [0.1, 0.15) is 11.2 Å². The third kappa shape index (κ3) is 17.7. The molecule has 2 amide bonds. The lowest BCUT2D eigenvalue weighted by atomic mass is 10.2. The van der Waals surface area contributed by atoms with Crippen LogP contribution < -0.4 is 11.5 Å². The minimum absolute atomic E-state index is 0.382. The Hall–Kier alpha value is -2.52. The largest absolute Gasteiger partial charge is 0.444 e. The second-order valence-corrected chi connectivity index (χ2v) is 10.0. The average molecular weight is 471 g/mol. The van der Waals surface area contributed by atoms with Crippen molar-refractivity contribution in [2.45, 2.75) is 85.9 Å². The van der Waals surface area contributed by atoms with Crippen LogP contribution in [0.15, 0.2) is 9.98 Å². The Morgan fingerprint density at radius 3 is 1.24 bits per heavy atom. The molecule has 0 radical (unpaired) electrons. The molecule has 0 aromatic rings. The van der Waals surface area contributed by atoms with Crippen LogP contribution in [0.1, 0.15) is 74.7 Å². The molecule has 4 N–H and O–H groups in total. The standard InChI is InChI=1S/C23H46N6O4/c1-18(24)26-12-9-14-28(20(30)32-22(3,4)5)16-11-17-29(15-10-13-27-19(2)25)21(31)33-23(6,7)8/h9-17H2,1-8H3,(H2,24,26)(H2,25,27). The monoisotopic (exact) mass is 470 g/mol. The summed E-state index contributed by atoms with van der Waals surface area (Å²) in [7, 11) is 0. The number of nitrogens with zero attached hydrogens (tertiary/aromatic N) is 4. The molecule has 0 atom stereocenters. The molecule has 0 heterocycles. The minimum atomic E-state index is -0.592. The van der Waals surface area contributed by atoms with Gasteiger partial charge in [0, 0.05) is 39.3 Å². The quantitative estimate of drug-likeness (QED) is 0.255. The van der Waals surface area contributed by atoms with Crippen molar-refractivity contribution in [2.24, 2.45) is 21.5 Å². The zero-order chi connectivity index (χ0) is 25.7. The Kier molecular flexibility index (Phi) is 13.5. The van der Waals surface area contributed by atoms with Gasteiger partial charge in [0.2, 0.25) is 0 Å². The highest BCUT2D eigenvalue weighted by Crippen LogP contribution is 2.13. The fourth-order valence-electron chi connectivity index (χ4n) is 2.73. The van der Waals surface area contributed by atoms with Crippen molar-refractivity contribution < 1.29 is 19.1 Å². The van der Waals surface area contributed by atoms with Crippen molar-refractivity contribution in [2.75, 3.05) is 39.3 Å². The van der Waals surface area contributed by atoms with Gasteiger partial charge in [-0.1, -0.05) is 0 Å². The highest BCUT2D eigenvalue weighted by Gasteiger charge is 2.24. The van der Waals surface area contributed by atoms with Crippen molar-refractivity contribution >= 4 is 23.9 Å². The zero-order valence-corrected chi connectivity index (χ0v) is 21.9. The normalized spacial score (nSPS) is 13.0.